The molecule has 0 saturated carbocycles. The largest absolute Gasteiger partial charge is 0.359 e. The highest BCUT2D eigenvalue weighted by atomic mass is 16.2. The summed E-state index contributed by atoms with van der Waals surface area (Å²) >= 11 is 0. The average molecular weight is 418 g/mol. The number of amides is 2. The lowest BCUT2D eigenvalue weighted by Crippen LogP contribution is -2.54. The zero-order valence-electron chi connectivity index (χ0n) is 17.9. The molecule has 1 aliphatic rings. The number of hydrogen-bond donors (Lipinski definition) is 2. The minimum absolute atomic E-state index is 0.0384. The van der Waals surface area contributed by atoms with E-state index in [0.29, 0.717) is 19.5 Å². The Balaban J connectivity index is 1.62. The molecule has 7 nitrogen and oxygen atoms in total. The van der Waals surface area contributed by atoms with Gasteiger partial charge >= 0.3 is 0 Å². The van der Waals surface area contributed by atoms with Crippen molar-refractivity contribution in [2.24, 2.45) is 5.41 Å². The van der Waals surface area contributed by atoms with Crippen molar-refractivity contribution in [3.8, 4) is 11.1 Å². The molecule has 4 rings (SSSR count). The molecule has 3 aromatic rings. The van der Waals surface area contributed by atoms with Crippen LogP contribution < -0.4 is 5.32 Å². The Labute approximate surface area is 181 Å². The summed E-state index contributed by atoms with van der Waals surface area (Å²) in [5, 5.41) is 9.24. The van der Waals surface area contributed by atoms with Crippen LogP contribution in [0.15, 0.2) is 54.9 Å². The van der Waals surface area contributed by atoms with Gasteiger partial charge in [0, 0.05) is 20.1 Å². The SMILES string of the molecule is CNC(=O)[C@@]1(Cc2cccc(-c3cccc(C)c3)c2)CCCN(C(=O)c2ncn[nH]2)C1. The lowest BCUT2D eigenvalue weighted by molar-refractivity contribution is -0.133. The van der Waals surface area contributed by atoms with E-state index in [-0.39, 0.29) is 17.6 Å². The predicted octanol–water partition coefficient (Wildman–Crippen LogP) is 2.99. The summed E-state index contributed by atoms with van der Waals surface area (Å²) in [5.41, 5.74) is 3.88. The van der Waals surface area contributed by atoms with Gasteiger partial charge in [-0.3, -0.25) is 14.7 Å². The smallest absolute Gasteiger partial charge is 0.291 e. The van der Waals surface area contributed by atoms with Crippen LogP contribution in [0.25, 0.3) is 11.1 Å². The fraction of sp³-hybridized carbons (Fsp3) is 0.333. The first-order valence-electron chi connectivity index (χ1n) is 10.5. The second kappa shape index (κ2) is 8.71. The van der Waals surface area contributed by atoms with E-state index in [9.17, 15) is 9.59 Å². The van der Waals surface area contributed by atoms with Gasteiger partial charge in [0.05, 0.1) is 5.41 Å². The van der Waals surface area contributed by atoms with E-state index in [1.165, 1.54) is 11.9 Å². The highest BCUT2D eigenvalue weighted by Gasteiger charge is 2.43. The van der Waals surface area contributed by atoms with Crippen molar-refractivity contribution in [2.75, 3.05) is 20.1 Å². The Bertz CT molecular complexity index is 1080. The monoisotopic (exact) mass is 417 g/mol. The van der Waals surface area contributed by atoms with Crippen molar-refractivity contribution in [3.05, 3.63) is 71.8 Å². The van der Waals surface area contributed by atoms with Gasteiger partial charge < -0.3 is 10.2 Å². The van der Waals surface area contributed by atoms with Gasteiger partial charge in [0.25, 0.3) is 5.91 Å². The molecule has 1 aromatic heterocycles. The topological polar surface area (TPSA) is 91.0 Å². The van der Waals surface area contributed by atoms with Crippen molar-refractivity contribution in [3.63, 3.8) is 0 Å². The molecule has 2 N–H and O–H groups in total. The number of carbonyl (C=O) groups is 2. The third-order valence-electron chi connectivity index (χ3n) is 6.01. The minimum Gasteiger partial charge on any atom is -0.359 e. The standard InChI is InChI=1S/C24H27N5O2/c1-17-6-3-8-19(12-17)20-9-4-7-18(13-20)14-24(23(31)25-2)10-5-11-29(15-24)22(30)21-26-16-27-28-21/h3-4,6-9,12-13,16H,5,10-11,14-15H2,1-2H3,(H,25,31)(H,26,27,28)/t24-/m1/s1. The molecule has 0 aliphatic carbocycles. The molecule has 31 heavy (non-hydrogen) atoms. The zero-order chi connectivity index (χ0) is 21.8. The highest BCUT2D eigenvalue weighted by molar-refractivity contribution is 5.91. The van der Waals surface area contributed by atoms with E-state index in [4.69, 9.17) is 0 Å². The third-order valence-corrected chi connectivity index (χ3v) is 6.01. The summed E-state index contributed by atoms with van der Waals surface area (Å²) < 4.78 is 0. The molecule has 0 radical (unpaired) electrons. The van der Waals surface area contributed by atoms with Crippen molar-refractivity contribution in [2.45, 2.75) is 26.2 Å². The number of nitrogens with one attached hydrogen (secondary N) is 2. The summed E-state index contributed by atoms with van der Waals surface area (Å²) in [7, 11) is 1.66. The van der Waals surface area contributed by atoms with Gasteiger partial charge in [-0.25, -0.2) is 4.98 Å². The molecule has 1 saturated heterocycles. The van der Waals surface area contributed by atoms with Crippen LogP contribution in [-0.4, -0.2) is 52.0 Å². The number of H-pyrrole nitrogens is 1. The first-order chi connectivity index (χ1) is 15.0. The number of aromatic nitrogens is 3. The van der Waals surface area contributed by atoms with Gasteiger partial charge in [0.1, 0.15) is 6.33 Å². The molecule has 0 spiro atoms. The predicted molar refractivity (Wildman–Crippen MR) is 118 cm³/mol. The lowest BCUT2D eigenvalue weighted by Gasteiger charge is -2.41. The Kier molecular flexibility index (Phi) is 5.84. The molecule has 1 aliphatic heterocycles. The quantitative estimate of drug-likeness (QED) is 0.668. The average Bonchev–Trinajstić information content (AvgIpc) is 3.33. The van der Waals surface area contributed by atoms with E-state index < -0.39 is 5.41 Å². The summed E-state index contributed by atoms with van der Waals surface area (Å²) in [6, 6.07) is 16.7. The fourth-order valence-corrected chi connectivity index (χ4v) is 4.51. The number of rotatable bonds is 5. The number of hydrogen-bond acceptors (Lipinski definition) is 4. The van der Waals surface area contributed by atoms with Gasteiger partial charge in [0.2, 0.25) is 11.7 Å². The molecule has 0 unspecified atom stereocenters. The van der Waals surface area contributed by atoms with Crippen LogP contribution in [-0.2, 0) is 11.2 Å². The Hall–Kier alpha value is -3.48. The van der Waals surface area contributed by atoms with E-state index in [2.05, 4.69) is 69.9 Å². The zero-order valence-corrected chi connectivity index (χ0v) is 17.9. The molecule has 7 heteroatoms. The number of aromatic amines is 1. The van der Waals surface area contributed by atoms with Gasteiger partial charge in [-0.2, -0.15) is 5.10 Å². The molecule has 0 bridgehead atoms. The number of piperidine rings is 1. The molecule has 1 fully saturated rings. The van der Waals surface area contributed by atoms with Crippen LogP contribution in [0.1, 0.15) is 34.6 Å². The highest BCUT2D eigenvalue weighted by Crippen LogP contribution is 2.35. The van der Waals surface area contributed by atoms with E-state index in [0.717, 1.165) is 29.5 Å². The first-order valence-corrected chi connectivity index (χ1v) is 10.5. The third kappa shape index (κ3) is 4.35. The maximum Gasteiger partial charge on any atom is 0.291 e. The molecular weight excluding hydrogens is 390 g/mol. The van der Waals surface area contributed by atoms with E-state index in [1.807, 2.05) is 6.07 Å². The van der Waals surface area contributed by atoms with Crippen LogP contribution in [0.5, 0.6) is 0 Å². The Morgan fingerprint density at radius 2 is 1.94 bits per heavy atom. The summed E-state index contributed by atoms with van der Waals surface area (Å²) in [5.74, 6) is -0.0586. The Morgan fingerprint density at radius 3 is 2.65 bits per heavy atom. The normalized spacial score (nSPS) is 18.6. The second-order valence-corrected chi connectivity index (χ2v) is 8.27. The van der Waals surface area contributed by atoms with Gasteiger partial charge in [-0.05, 0) is 42.9 Å². The number of carbonyl (C=O) groups excluding carboxylic acids is 2. The molecule has 2 heterocycles. The number of aryl methyl sites for hydroxylation is 1. The van der Waals surface area contributed by atoms with Crippen LogP contribution in [0, 0.1) is 12.3 Å². The van der Waals surface area contributed by atoms with Gasteiger partial charge in [0.15, 0.2) is 0 Å². The molecule has 1 atom stereocenters. The van der Waals surface area contributed by atoms with E-state index in [1.54, 1.807) is 11.9 Å². The minimum atomic E-state index is -0.687. The van der Waals surface area contributed by atoms with Crippen molar-refractivity contribution in [1.29, 1.82) is 0 Å². The summed E-state index contributed by atoms with van der Waals surface area (Å²) in [6.45, 7) is 3.03. The van der Waals surface area contributed by atoms with Crippen LogP contribution in [0.4, 0.5) is 0 Å². The number of nitrogens with zero attached hydrogens (tertiary/aromatic N) is 3. The van der Waals surface area contributed by atoms with E-state index >= 15 is 0 Å². The van der Waals surface area contributed by atoms with Crippen LogP contribution in [0.2, 0.25) is 0 Å². The van der Waals surface area contributed by atoms with Crippen molar-refractivity contribution in [1.82, 2.24) is 25.4 Å². The molecule has 2 amide bonds. The number of likely N-dealkylation sites (tertiary alicyclic amines) is 1. The lowest BCUT2D eigenvalue weighted by atomic mass is 9.74. The summed E-state index contributed by atoms with van der Waals surface area (Å²) in [4.78, 5) is 31.6. The first kappa shape index (κ1) is 20.8. The Morgan fingerprint density at radius 1 is 1.16 bits per heavy atom. The number of benzene rings is 2. The maximum atomic E-state index is 13.1. The molecule has 2 aromatic carbocycles. The summed E-state index contributed by atoms with van der Waals surface area (Å²) in [6.07, 6.45) is 3.36. The molecule has 160 valence electrons. The molecular formula is C24H27N5O2. The maximum absolute atomic E-state index is 13.1. The van der Waals surface area contributed by atoms with Crippen molar-refractivity contribution >= 4 is 11.8 Å². The van der Waals surface area contributed by atoms with Crippen molar-refractivity contribution < 1.29 is 9.59 Å². The van der Waals surface area contributed by atoms with Gasteiger partial charge in [-0.1, -0.05) is 54.1 Å². The second-order valence-electron chi connectivity index (χ2n) is 8.27. The fourth-order valence-electron chi connectivity index (χ4n) is 4.51. The van der Waals surface area contributed by atoms with Crippen LogP contribution in [0.3, 0.4) is 0 Å². The van der Waals surface area contributed by atoms with Crippen LogP contribution >= 0.6 is 0 Å². The van der Waals surface area contributed by atoms with Gasteiger partial charge in [-0.15, -0.1) is 0 Å².